The highest BCUT2D eigenvalue weighted by Crippen LogP contribution is 2.27. The molecule has 0 aliphatic carbocycles. The Morgan fingerprint density at radius 3 is 2.88 bits per heavy atom. The molecule has 0 bridgehead atoms. The number of amides is 2. The van der Waals surface area contributed by atoms with E-state index in [0.29, 0.717) is 37.5 Å². The van der Waals surface area contributed by atoms with E-state index in [9.17, 15) is 9.59 Å². The molecule has 1 unspecified atom stereocenters. The maximum Gasteiger partial charge on any atom is 0.274 e. The van der Waals surface area contributed by atoms with Gasteiger partial charge in [-0.3, -0.25) is 14.0 Å². The molecule has 1 aromatic carbocycles. The Kier molecular flexibility index (Phi) is 5.45. The molecule has 4 heterocycles. The van der Waals surface area contributed by atoms with E-state index < -0.39 is 6.04 Å². The van der Waals surface area contributed by atoms with Gasteiger partial charge in [-0.15, -0.1) is 11.3 Å². The van der Waals surface area contributed by atoms with Crippen molar-refractivity contribution in [3.8, 4) is 10.4 Å². The molecule has 1 fully saturated rings. The molecule has 5 rings (SSSR count). The van der Waals surface area contributed by atoms with E-state index in [1.165, 1.54) is 4.88 Å². The number of imidazole rings is 1. The van der Waals surface area contributed by atoms with Crippen molar-refractivity contribution in [2.24, 2.45) is 0 Å². The number of thiophene rings is 1. The molecule has 2 amide bonds. The molecule has 32 heavy (non-hydrogen) atoms. The van der Waals surface area contributed by atoms with Crippen LogP contribution in [0.4, 0.5) is 0 Å². The first-order valence-corrected chi connectivity index (χ1v) is 11.5. The van der Waals surface area contributed by atoms with Crippen molar-refractivity contribution in [3.63, 3.8) is 0 Å². The van der Waals surface area contributed by atoms with Crippen molar-refractivity contribution < 1.29 is 9.59 Å². The second-order valence-corrected chi connectivity index (χ2v) is 8.71. The predicted octanol–water partition coefficient (Wildman–Crippen LogP) is 3.37. The van der Waals surface area contributed by atoms with E-state index >= 15 is 0 Å². The lowest BCUT2D eigenvalue weighted by Crippen LogP contribution is -2.59. The van der Waals surface area contributed by atoms with Crippen LogP contribution in [0.3, 0.4) is 0 Å². The summed E-state index contributed by atoms with van der Waals surface area (Å²) in [6.07, 6.45) is 5.59. The molecule has 1 aliphatic rings. The van der Waals surface area contributed by atoms with Gasteiger partial charge < -0.3 is 9.80 Å². The third-order valence-corrected chi connectivity index (χ3v) is 6.76. The van der Waals surface area contributed by atoms with Crippen LogP contribution in [0.15, 0.2) is 66.4 Å². The number of fused-ring (bicyclic) bond motifs is 1. The van der Waals surface area contributed by atoms with Gasteiger partial charge in [0.2, 0.25) is 11.7 Å². The van der Waals surface area contributed by atoms with Crippen LogP contribution in [-0.4, -0.2) is 61.7 Å². The average molecular weight is 446 g/mol. The number of benzene rings is 1. The molecule has 3 aromatic heterocycles. The van der Waals surface area contributed by atoms with Gasteiger partial charge in [0.15, 0.2) is 0 Å². The Morgan fingerprint density at radius 1 is 1.19 bits per heavy atom. The third kappa shape index (κ3) is 3.78. The monoisotopic (exact) mass is 445 g/mol. The zero-order valence-corrected chi connectivity index (χ0v) is 18.5. The Labute approximate surface area is 189 Å². The van der Waals surface area contributed by atoms with Crippen LogP contribution >= 0.6 is 11.3 Å². The quantitative estimate of drug-likeness (QED) is 0.472. The maximum atomic E-state index is 13.4. The number of nitrogens with zero attached hydrogens (tertiary/aromatic N) is 5. The molecule has 0 radical (unpaired) electrons. The van der Waals surface area contributed by atoms with E-state index in [0.717, 1.165) is 11.1 Å². The number of carbonyl (C=O) groups is 2. The van der Waals surface area contributed by atoms with Crippen LogP contribution in [0, 0.1) is 0 Å². The van der Waals surface area contributed by atoms with Gasteiger partial charge in [0.1, 0.15) is 11.7 Å². The van der Waals surface area contributed by atoms with E-state index in [1.807, 2.05) is 30.0 Å². The summed E-state index contributed by atoms with van der Waals surface area (Å²) in [4.78, 5) is 40.0. The van der Waals surface area contributed by atoms with Crippen LogP contribution in [0.5, 0.6) is 0 Å². The van der Waals surface area contributed by atoms with Gasteiger partial charge >= 0.3 is 0 Å². The highest BCUT2D eigenvalue weighted by atomic mass is 32.1. The summed E-state index contributed by atoms with van der Waals surface area (Å²) in [5.41, 5.74) is 2.46. The summed E-state index contributed by atoms with van der Waals surface area (Å²) < 4.78 is 1.72. The first kappa shape index (κ1) is 20.4. The van der Waals surface area contributed by atoms with Gasteiger partial charge in [-0.2, -0.15) is 0 Å². The molecule has 8 heteroatoms. The SMILES string of the molecule is CCN1CCN(C(=O)c2cn3cccnc3n2)C(Cc2cccc(-c3cccs3)c2)C1=O. The number of aromatic nitrogens is 3. The van der Waals surface area contributed by atoms with Gasteiger partial charge in [-0.25, -0.2) is 9.97 Å². The summed E-state index contributed by atoms with van der Waals surface area (Å²) >= 11 is 1.68. The lowest BCUT2D eigenvalue weighted by atomic mass is 9.98. The smallest absolute Gasteiger partial charge is 0.274 e. The van der Waals surface area contributed by atoms with E-state index in [4.69, 9.17) is 0 Å². The Balaban J connectivity index is 1.46. The number of hydrogen-bond acceptors (Lipinski definition) is 5. The number of hydrogen-bond donors (Lipinski definition) is 0. The largest absolute Gasteiger partial charge is 0.339 e. The summed E-state index contributed by atoms with van der Waals surface area (Å²) in [6.45, 7) is 3.61. The highest BCUT2D eigenvalue weighted by Gasteiger charge is 2.38. The van der Waals surface area contributed by atoms with E-state index in [1.54, 1.807) is 45.3 Å². The molecule has 4 aromatic rings. The molecule has 0 N–H and O–H groups in total. The molecule has 7 nitrogen and oxygen atoms in total. The third-order valence-electron chi connectivity index (χ3n) is 5.84. The standard InChI is InChI=1S/C24H23N5O2S/c1-2-27-11-12-29(22(30)19-16-28-10-5-9-25-24(28)26-19)20(23(27)31)15-17-6-3-7-18(14-17)21-8-4-13-32-21/h3-10,13-14,16,20H,2,11-12,15H2,1H3. The fraction of sp³-hybridized carbons (Fsp3) is 0.250. The second kappa shape index (κ2) is 8.55. The van der Waals surface area contributed by atoms with Crippen molar-refractivity contribution in [2.75, 3.05) is 19.6 Å². The topological polar surface area (TPSA) is 70.8 Å². The van der Waals surface area contributed by atoms with Crippen molar-refractivity contribution in [2.45, 2.75) is 19.4 Å². The van der Waals surface area contributed by atoms with Crippen LogP contribution in [0.2, 0.25) is 0 Å². The first-order chi connectivity index (χ1) is 15.6. The lowest BCUT2D eigenvalue weighted by Gasteiger charge is -2.40. The average Bonchev–Trinajstić information content (AvgIpc) is 3.50. The van der Waals surface area contributed by atoms with Gasteiger partial charge in [0.05, 0.1) is 0 Å². The molecule has 162 valence electrons. The first-order valence-electron chi connectivity index (χ1n) is 10.7. The molecular formula is C24H23N5O2S. The zero-order chi connectivity index (χ0) is 22.1. The number of carbonyl (C=O) groups excluding carboxylic acids is 2. The van der Waals surface area contributed by atoms with Crippen molar-refractivity contribution in [1.82, 2.24) is 24.2 Å². The number of piperazine rings is 1. The maximum absolute atomic E-state index is 13.4. The molecule has 1 atom stereocenters. The Morgan fingerprint density at radius 2 is 2.09 bits per heavy atom. The van der Waals surface area contributed by atoms with E-state index in [2.05, 4.69) is 33.5 Å². The molecule has 1 aliphatic heterocycles. The minimum absolute atomic E-state index is 0.0180. The normalized spacial score (nSPS) is 16.7. The summed E-state index contributed by atoms with van der Waals surface area (Å²) in [5, 5.41) is 2.05. The van der Waals surface area contributed by atoms with Gasteiger partial charge in [0, 0.05) is 49.5 Å². The van der Waals surface area contributed by atoms with Crippen LogP contribution in [-0.2, 0) is 11.2 Å². The predicted molar refractivity (Wildman–Crippen MR) is 124 cm³/mol. The van der Waals surface area contributed by atoms with E-state index in [-0.39, 0.29) is 11.8 Å². The summed E-state index contributed by atoms with van der Waals surface area (Å²) in [5.74, 6) is 0.212. The zero-order valence-electron chi connectivity index (χ0n) is 17.7. The minimum atomic E-state index is -0.562. The molecule has 0 saturated carbocycles. The van der Waals surface area contributed by atoms with Gasteiger partial charge in [-0.1, -0.05) is 30.3 Å². The second-order valence-electron chi connectivity index (χ2n) is 7.77. The van der Waals surface area contributed by atoms with Crippen molar-refractivity contribution in [3.05, 3.63) is 77.7 Å². The van der Waals surface area contributed by atoms with Crippen LogP contribution in [0.25, 0.3) is 16.2 Å². The summed E-state index contributed by atoms with van der Waals surface area (Å²) in [7, 11) is 0. The Bertz CT molecular complexity index is 1230. The van der Waals surface area contributed by atoms with Crippen LogP contribution < -0.4 is 0 Å². The molecule has 1 saturated heterocycles. The van der Waals surface area contributed by atoms with Gasteiger partial charge in [0.25, 0.3) is 5.91 Å². The Hall–Kier alpha value is -3.52. The minimum Gasteiger partial charge on any atom is -0.339 e. The van der Waals surface area contributed by atoms with Gasteiger partial charge in [-0.05, 0) is 35.6 Å². The number of likely N-dealkylation sites (N-methyl/N-ethyl adjacent to an activating group) is 1. The van der Waals surface area contributed by atoms with Crippen molar-refractivity contribution in [1.29, 1.82) is 0 Å². The summed E-state index contributed by atoms with van der Waals surface area (Å²) in [6, 6.07) is 13.6. The highest BCUT2D eigenvalue weighted by molar-refractivity contribution is 7.13. The number of rotatable bonds is 5. The molecule has 0 spiro atoms. The fourth-order valence-corrected chi connectivity index (χ4v) is 4.91. The lowest BCUT2D eigenvalue weighted by molar-refractivity contribution is -0.139. The fourth-order valence-electron chi connectivity index (χ4n) is 4.19. The van der Waals surface area contributed by atoms with Crippen LogP contribution in [0.1, 0.15) is 23.0 Å². The molecular weight excluding hydrogens is 422 g/mol. The van der Waals surface area contributed by atoms with Crippen molar-refractivity contribution >= 4 is 28.9 Å².